The number of hydrogen-bond donors (Lipinski definition) is 6. The zero-order chi connectivity index (χ0) is 25.9. The van der Waals surface area contributed by atoms with E-state index in [4.69, 9.17) is 29.3 Å². The number of nitrogens with one attached hydrogen (secondary N) is 3. The van der Waals surface area contributed by atoms with Crippen molar-refractivity contribution in [2.75, 3.05) is 24.9 Å². The van der Waals surface area contributed by atoms with Crippen molar-refractivity contribution in [3.8, 4) is 17.1 Å². The number of para-hydroxylation sites is 1. The predicted molar refractivity (Wildman–Crippen MR) is 121 cm³/mol. The molecule has 15 heteroatoms. The monoisotopic (exact) mass is 501 g/mol. The fourth-order valence-electron chi connectivity index (χ4n) is 3.22. The van der Waals surface area contributed by atoms with Gasteiger partial charge in [-0.2, -0.15) is 4.98 Å². The van der Waals surface area contributed by atoms with Crippen molar-refractivity contribution in [1.82, 2.24) is 25.7 Å². The molecular formula is C21H23N7O8. The SMILES string of the molecule is COCc1nc(-c2cccc(Nc3cc(NC(=O)C4CC4)nnc3C(=O)NC(O)(O)O)c2OC)no1. The number of nitrogens with zero attached hydrogens (tertiary/aromatic N) is 4. The van der Waals surface area contributed by atoms with E-state index < -0.39 is 17.7 Å². The summed E-state index contributed by atoms with van der Waals surface area (Å²) in [6, 6.07) is 6.30. The van der Waals surface area contributed by atoms with Gasteiger partial charge in [-0.1, -0.05) is 11.2 Å². The van der Waals surface area contributed by atoms with Crippen LogP contribution in [0.25, 0.3) is 11.4 Å². The number of aliphatic hydroxyl groups is 3. The Morgan fingerprint density at radius 2 is 1.94 bits per heavy atom. The summed E-state index contributed by atoms with van der Waals surface area (Å²) in [5.41, 5.74) is 0.360. The highest BCUT2D eigenvalue weighted by molar-refractivity contribution is 6.00. The molecule has 36 heavy (non-hydrogen) atoms. The Bertz CT molecular complexity index is 1270. The Morgan fingerprint density at radius 3 is 2.61 bits per heavy atom. The van der Waals surface area contributed by atoms with Gasteiger partial charge in [0.05, 0.1) is 24.0 Å². The summed E-state index contributed by atoms with van der Waals surface area (Å²) in [5, 5.41) is 46.1. The highest BCUT2D eigenvalue weighted by Gasteiger charge is 2.31. The van der Waals surface area contributed by atoms with E-state index in [1.807, 2.05) is 0 Å². The van der Waals surface area contributed by atoms with Crippen molar-refractivity contribution >= 4 is 29.0 Å². The van der Waals surface area contributed by atoms with Crippen LogP contribution in [0.1, 0.15) is 29.2 Å². The number of carbonyl (C=O) groups excluding carboxylic acids is 2. The van der Waals surface area contributed by atoms with Gasteiger partial charge in [0, 0.05) is 19.1 Å². The molecule has 2 heterocycles. The molecule has 6 N–H and O–H groups in total. The molecule has 1 fully saturated rings. The van der Waals surface area contributed by atoms with Crippen LogP contribution in [0.2, 0.25) is 0 Å². The molecular weight excluding hydrogens is 478 g/mol. The van der Waals surface area contributed by atoms with Gasteiger partial charge in [0.15, 0.2) is 17.3 Å². The summed E-state index contributed by atoms with van der Waals surface area (Å²) in [7, 11) is 2.90. The van der Waals surface area contributed by atoms with E-state index in [0.29, 0.717) is 11.3 Å². The van der Waals surface area contributed by atoms with E-state index in [0.717, 1.165) is 12.8 Å². The van der Waals surface area contributed by atoms with Crippen molar-refractivity contribution < 1.29 is 38.9 Å². The molecule has 1 aromatic carbocycles. The molecule has 15 nitrogen and oxygen atoms in total. The van der Waals surface area contributed by atoms with Crippen LogP contribution in [-0.2, 0) is 16.1 Å². The zero-order valence-electron chi connectivity index (χ0n) is 19.2. The molecule has 1 aliphatic carbocycles. The Balaban J connectivity index is 1.70. The molecule has 2 aromatic heterocycles. The first-order chi connectivity index (χ1) is 17.2. The lowest BCUT2D eigenvalue weighted by molar-refractivity contribution is -0.323. The number of ether oxygens (including phenoxy) is 2. The summed E-state index contributed by atoms with van der Waals surface area (Å²) < 4.78 is 15.7. The largest absolute Gasteiger partial charge is 0.494 e. The minimum absolute atomic E-state index is 0.00137. The van der Waals surface area contributed by atoms with Gasteiger partial charge in [-0.15, -0.1) is 10.2 Å². The Hall–Kier alpha value is -4.18. The van der Waals surface area contributed by atoms with Gasteiger partial charge in [-0.3, -0.25) is 14.9 Å². The average Bonchev–Trinajstić information content (AvgIpc) is 3.57. The van der Waals surface area contributed by atoms with E-state index in [1.54, 1.807) is 23.5 Å². The van der Waals surface area contributed by atoms with Gasteiger partial charge in [0.2, 0.25) is 11.7 Å². The van der Waals surface area contributed by atoms with Crippen LogP contribution in [0.15, 0.2) is 28.8 Å². The Kier molecular flexibility index (Phi) is 7.07. The van der Waals surface area contributed by atoms with Crippen molar-refractivity contribution in [3.63, 3.8) is 0 Å². The van der Waals surface area contributed by atoms with Crippen LogP contribution in [-0.4, -0.2) is 67.8 Å². The number of rotatable bonds is 10. The van der Waals surface area contributed by atoms with Gasteiger partial charge in [-0.05, 0) is 25.0 Å². The molecule has 0 aliphatic heterocycles. The summed E-state index contributed by atoms with van der Waals surface area (Å²) in [6.07, 6.45) is -1.96. The Morgan fingerprint density at radius 1 is 1.17 bits per heavy atom. The minimum Gasteiger partial charge on any atom is -0.494 e. The summed E-state index contributed by atoms with van der Waals surface area (Å²) in [4.78, 5) is 29.0. The maximum absolute atomic E-state index is 12.5. The highest BCUT2D eigenvalue weighted by atomic mass is 16.7. The zero-order valence-corrected chi connectivity index (χ0v) is 19.2. The molecule has 0 atom stereocenters. The predicted octanol–water partition coefficient (Wildman–Crippen LogP) is 0.0917. The van der Waals surface area contributed by atoms with E-state index >= 15 is 0 Å². The van der Waals surface area contributed by atoms with Gasteiger partial charge in [0.1, 0.15) is 6.61 Å². The van der Waals surface area contributed by atoms with Gasteiger partial charge in [0.25, 0.3) is 11.8 Å². The lowest BCUT2D eigenvalue weighted by atomic mass is 10.1. The standard InChI is InChI=1S/C21H23N7O8/c1-34-9-15-24-18(28-36-15)11-4-3-5-12(17(11)35-2)22-13-8-14(23-19(29)10-6-7-10)26-27-16(13)20(30)25-21(31,32)33/h3-5,8,10,31-33H,6-7,9H2,1-2H3,(H,25,30)(H2,22,23,26,29). The van der Waals surface area contributed by atoms with E-state index in [1.165, 1.54) is 20.3 Å². The highest BCUT2D eigenvalue weighted by Crippen LogP contribution is 2.37. The molecule has 2 amide bonds. The number of carbonyl (C=O) groups is 2. The van der Waals surface area contributed by atoms with Gasteiger partial charge < -0.3 is 39.9 Å². The maximum atomic E-state index is 12.5. The number of benzene rings is 1. The molecule has 0 radical (unpaired) electrons. The molecule has 0 bridgehead atoms. The quantitative estimate of drug-likeness (QED) is 0.203. The normalized spacial score (nSPS) is 13.2. The third-order valence-electron chi connectivity index (χ3n) is 4.95. The van der Waals surface area contributed by atoms with Gasteiger partial charge >= 0.3 is 6.10 Å². The third kappa shape index (κ3) is 5.89. The topological polar surface area (TPSA) is 214 Å². The average molecular weight is 501 g/mol. The van der Waals surface area contributed by atoms with Crippen molar-refractivity contribution in [2.45, 2.75) is 25.5 Å². The number of amides is 2. The molecule has 3 aromatic rings. The van der Waals surface area contributed by atoms with E-state index in [2.05, 4.69) is 31.0 Å². The lowest BCUT2D eigenvalue weighted by Crippen LogP contribution is -2.48. The van der Waals surface area contributed by atoms with Crippen LogP contribution in [0.3, 0.4) is 0 Å². The Labute approximate surface area is 203 Å². The maximum Gasteiger partial charge on any atom is 0.369 e. The van der Waals surface area contributed by atoms with E-state index in [9.17, 15) is 9.59 Å². The molecule has 0 spiro atoms. The first-order valence-corrected chi connectivity index (χ1v) is 10.6. The molecule has 4 rings (SSSR count). The fourth-order valence-corrected chi connectivity index (χ4v) is 3.22. The number of anilines is 3. The summed E-state index contributed by atoms with van der Waals surface area (Å²) in [5.74, 6) is -0.731. The van der Waals surface area contributed by atoms with Crippen molar-refractivity contribution in [1.29, 1.82) is 0 Å². The first-order valence-electron chi connectivity index (χ1n) is 10.6. The molecule has 1 saturated carbocycles. The van der Waals surface area contributed by atoms with Crippen LogP contribution in [0.5, 0.6) is 5.75 Å². The van der Waals surface area contributed by atoms with Crippen molar-refractivity contribution in [2.24, 2.45) is 5.92 Å². The number of aromatic nitrogens is 4. The third-order valence-corrected chi connectivity index (χ3v) is 4.95. The fraction of sp³-hybridized carbons (Fsp3) is 0.333. The van der Waals surface area contributed by atoms with Crippen molar-refractivity contribution in [3.05, 3.63) is 35.9 Å². The second-order valence-corrected chi connectivity index (χ2v) is 7.80. The lowest BCUT2D eigenvalue weighted by Gasteiger charge is -2.18. The van der Waals surface area contributed by atoms with E-state index in [-0.39, 0.29) is 47.4 Å². The number of hydrogen-bond acceptors (Lipinski definition) is 13. The smallest absolute Gasteiger partial charge is 0.369 e. The first kappa shape index (κ1) is 24.9. The van der Waals surface area contributed by atoms with Crippen LogP contribution >= 0.6 is 0 Å². The van der Waals surface area contributed by atoms with Gasteiger partial charge in [-0.25, -0.2) is 0 Å². The summed E-state index contributed by atoms with van der Waals surface area (Å²) >= 11 is 0. The van der Waals surface area contributed by atoms with Crippen LogP contribution < -0.4 is 20.7 Å². The molecule has 0 saturated heterocycles. The molecule has 190 valence electrons. The molecule has 0 unspecified atom stereocenters. The summed E-state index contributed by atoms with van der Waals surface area (Å²) in [6.45, 7) is 0.117. The molecule has 1 aliphatic rings. The minimum atomic E-state index is -3.50. The van der Waals surface area contributed by atoms with Crippen LogP contribution in [0, 0.1) is 5.92 Å². The second-order valence-electron chi connectivity index (χ2n) is 7.80. The number of methoxy groups -OCH3 is 2. The second kappa shape index (κ2) is 10.2. The van der Waals surface area contributed by atoms with Crippen LogP contribution in [0.4, 0.5) is 17.2 Å².